The molecule has 5 rings (SSSR count). The van der Waals surface area contributed by atoms with Crippen molar-refractivity contribution in [1.29, 1.82) is 0 Å². The van der Waals surface area contributed by atoms with Crippen LogP contribution in [0.15, 0.2) is 38.8 Å². The molecule has 0 saturated heterocycles. The molecule has 1 fully saturated rings. The highest BCUT2D eigenvalue weighted by molar-refractivity contribution is 6.31. The number of Topliss-reactive ketones (excluding diaryl/α,β-unsaturated/α-hetero) is 1. The van der Waals surface area contributed by atoms with Gasteiger partial charge in [-0.05, 0) is 43.9 Å². The van der Waals surface area contributed by atoms with E-state index in [9.17, 15) is 4.79 Å². The average molecular weight is 369 g/mol. The summed E-state index contributed by atoms with van der Waals surface area (Å²) in [5, 5.41) is 0.660. The van der Waals surface area contributed by atoms with Crippen LogP contribution in [0.2, 0.25) is 5.02 Å². The Morgan fingerprint density at radius 3 is 2.85 bits per heavy atom. The first kappa shape index (κ1) is 16.2. The minimum atomic E-state index is -0.254. The molecule has 0 bridgehead atoms. The van der Waals surface area contributed by atoms with E-state index in [1.807, 2.05) is 18.2 Å². The maximum atomic E-state index is 12.6. The molecule has 2 aliphatic carbocycles. The Morgan fingerprint density at radius 2 is 2.00 bits per heavy atom. The van der Waals surface area contributed by atoms with Gasteiger partial charge < -0.3 is 4.42 Å². The third kappa shape index (κ3) is 2.62. The lowest BCUT2D eigenvalue weighted by molar-refractivity contribution is -0.116. The Hall–Kier alpha value is -1.94. The first-order valence-corrected chi connectivity index (χ1v) is 9.89. The summed E-state index contributed by atoms with van der Waals surface area (Å²) in [6.07, 6.45) is 8.42. The van der Waals surface area contributed by atoms with Gasteiger partial charge in [-0.25, -0.2) is 4.98 Å². The predicted molar refractivity (Wildman–Crippen MR) is 102 cm³/mol. The summed E-state index contributed by atoms with van der Waals surface area (Å²) >= 11 is 6.05. The zero-order chi connectivity index (χ0) is 17.7. The predicted octanol–water partition coefficient (Wildman–Crippen LogP) is 5.23. The minimum absolute atomic E-state index is 0.254. The number of carbonyl (C=O) groups is 1. The van der Waals surface area contributed by atoms with Crippen LogP contribution in [0.25, 0.3) is 11.1 Å². The van der Waals surface area contributed by atoms with E-state index in [0.29, 0.717) is 29.5 Å². The molecule has 1 aliphatic heterocycles. The lowest BCUT2D eigenvalue weighted by atomic mass is 9.73. The van der Waals surface area contributed by atoms with Crippen molar-refractivity contribution in [3.8, 4) is 0 Å². The van der Waals surface area contributed by atoms with Crippen LogP contribution in [0.3, 0.4) is 0 Å². The second kappa shape index (κ2) is 6.05. The van der Waals surface area contributed by atoms with Crippen molar-refractivity contribution in [2.75, 3.05) is 0 Å². The lowest BCUT2D eigenvalue weighted by Crippen LogP contribution is -2.38. The van der Waals surface area contributed by atoms with Gasteiger partial charge in [-0.2, -0.15) is 0 Å². The smallest absolute Gasteiger partial charge is 0.201 e. The molecule has 26 heavy (non-hydrogen) atoms. The van der Waals surface area contributed by atoms with Crippen molar-refractivity contribution < 1.29 is 9.21 Å². The fourth-order valence-corrected chi connectivity index (χ4v) is 5.11. The molecule has 1 saturated carbocycles. The molecule has 5 heteroatoms. The Labute approximate surface area is 157 Å². The van der Waals surface area contributed by atoms with Crippen molar-refractivity contribution in [2.24, 2.45) is 4.99 Å². The topological polar surface area (TPSA) is 55.5 Å². The molecule has 0 amide bonds. The van der Waals surface area contributed by atoms with E-state index in [-0.39, 0.29) is 5.54 Å². The summed E-state index contributed by atoms with van der Waals surface area (Å²) in [4.78, 5) is 22.4. The van der Waals surface area contributed by atoms with Gasteiger partial charge in [0.25, 0.3) is 0 Å². The number of ketones is 1. The summed E-state index contributed by atoms with van der Waals surface area (Å²) in [6.45, 7) is 0. The molecular weight excluding hydrogens is 348 g/mol. The minimum Gasteiger partial charge on any atom is -0.440 e. The molecule has 1 aromatic heterocycles. The molecule has 2 aromatic rings. The standard InChI is InChI=1S/C21H21ClN2O2/c22-14-6-7-18-16(11-14)23-19(26-18)12-15-10-13-4-3-5-17(25)20(13)21(24-15)8-1-2-9-21/h6-7,11H,1-5,8-10,12H2. The van der Waals surface area contributed by atoms with Crippen molar-refractivity contribution in [3.63, 3.8) is 0 Å². The zero-order valence-electron chi connectivity index (χ0n) is 14.7. The number of aliphatic imine (C=N–C) groups is 1. The van der Waals surface area contributed by atoms with E-state index >= 15 is 0 Å². The van der Waals surface area contributed by atoms with Crippen LogP contribution in [0, 0.1) is 0 Å². The molecule has 0 unspecified atom stereocenters. The van der Waals surface area contributed by atoms with Crippen molar-refractivity contribution in [3.05, 3.63) is 40.3 Å². The number of hydrogen-bond acceptors (Lipinski definition) is 4. The maximum absolute atomic E-state index is 12.6. The lowest BCUT2D eigenvalue weighted by Gasteiger charge is -2.37. The Balaban J connectivity index is 1.50. The van der Waals surface area contributed by atoms with Gasteiger partial charge in [-0.1, -0.05) is 30.0 Å². The number of oxazole rings is 1. The highest BCUT2D eigenvalue weighted by atomic mass is 35.5. The molecule has 1 spiro atoms. The van der Waals surface area contributed by atoms with Crippen molar-refractivity contribution in [2.45, 2.75) is 63.3 Å². The molecule has 0 N–H and O–H groups in total. The van der Waals surface area contributed by atoms with Gasteiger partial charge in [0.2, 0.25) is 5.89 Å². The van der Waals surface area contributed by atoms with Gasteiger partial charge in [-0.3, -0.25) is 9.79 Å². The molecule has 3 aliphatic rings. The van der Waals surface area contributed by atoms with Crippen molar-refractivity contribution >= 4 is 34.2 Å². The van der Waals surface area contributed by atoms with E-state index < -0.39 is 0 Å². The average Bonchev–Trinajstić information content (AvgIpc) is 3.21. The van der Waals surface area contributed by atoms with Gasteiger partial charge in [0, 0.05) is 29.1 Å². The Morgan fingerprint density at radius 1 is 1.15 bits per heavy atom. The second-order valence-corrected chi connectivity index (χ2v) is 8.18. The number of carbonyl (C=O) groups excluding carboxylic acids is 1. The van der Waals surface area contributed by atoms with Gasteiger partial charge in [0.1, 0.15) is 5.52 Å². The fourth-order valence-electron chi connectivity index (χ4n) is 4.94. The van der Waals surface area contributed by atoms with Crippen LogP contribution >= 0.6 is 11.6 Å². The first-order chi connectivity index (χ1) is 12.6. The summed E-state index contributed by atoms with van der Waals surface area (Å²) in [5.74, 6) is 1.02. The summed E-state index contributed by atoms with van der Waals surface area (Å²) < 4.78 is 5.90. The molecule has 2 heterocycles. The number of aromatic nitrogens is 1. The van der Waals surface area contributed by atoms with Crippen LogP contribution in [-0.2, 0) is 11.2 Å². The molecule has 1 aromatic carbocycles. The van der Waals surface area contributed by atoms with Gasteiger partial charge >= 0.3 is 0 Å². The SMILES string of the molecule is O=C1CCCC2=C1C1(CCCC1)N=C(Cc1nc3cc(Cl)ccc3o1)C2. The van der Waals surface area contributed by atoms with E-state index in [1.54, 1.807) is 0 Å². The number of fused-ring (bicyclic) bond motifs is 2. The van der Waals surface area contributed by atoms with Crippen LogP contribution in [0.4, 0.5) is 0 Å². The first-order valence-electron chi connectivity index (χ1n) is 9.51. The van der Waals surface area contributed by atoms with Crippen LogP contribution in [-0.4, -0.2) is 22.0 Å². The summed E-state index contributed by atoms with van der Waals surface area (Å²) in [5.41, 5.74) is 4.78. The molecule has 0 atom stereocenters. The van der Waals surface area contributed by atoms with Crippen LogP contribution in [0.1, 0.15) is 57.3 Å². The summed E-state index contributed by atoms with van der Waals surface area (Å²) in [6, 6.07) is 5.50. The largest absolute Gasteiger partial charge is 0.440 e. The Kier molecular flexibility index (Phi) is 3.78. The van der Waals surface area contributed by atoms with Gasteiger partial charge in [-0.15, -0.1) is 0 Å². The molecular formula is C21H21ClN2O2. The fraction of sp³-hybridized carbons (Fsp3) is 0.476. The number of nitrogens with zero attached hydrogens (tertiary/aromatic N) is 2. The second-order valence-electron chi connectivity index (χ2n) is 7.75. The van der Waals surface area contributed by atoms with Crippen LogP contribution in [0.5, 0.6) is 0 Å². The molecule has 134 valence electrons. The highest BCUT2D eigenvalue weighted by Gasteiger charge is 2.45. The molecule has 0 radical (unpaired) electrons. The number of halogens is 1. The van der Waals surface area contributed by atoms with Crippen molar-refractivity contribution in [1.82, 2.24) is 4.98 Å². The van der Waals surface area contributed by atoms with Gasteiger partial charge in [0.15, 0.2) is 11.4 Å². The Bertz CT molecular complexity index is 964. The zero-order valence-corrected chi connectivity index (χ0v) is 15.4. The number of hydrogen-bond donors (Lipinski definition) is 0. The summed E-state index contributed by atoms with van der Waals surface area (Å²) in [7, 11) is 0. The van der Waals surface area contributed by atoms with Crippen LogP contribution < -0.4 is 0 Å². The number of allylic oxidation sites excluding steroid dienone is 1. The number of rotatable bonds is 2. The van der Waals surface area contributed by atoms with E-state index in [4.69, 9.17) is 21.0 Å². The maximum Gasteiger partial charge on any atom is 0.201 e. The van der Waals surface area contributed by atoms with E-state index in [2.05, 4.69) is 4.98 Å². The highest BCUT2D eigenvalue weighted by Crippen LogP contribution is 2.47. The quantitative estimate of drug-likeness (QED) is 0.729. The third-order valence-electron chi connectivity index (χ3n) is 5.95. The van der Waals surface area contributed by atoms with E-state index in [0.717, 1.165) is 67.3 Å². The normalized spacial score (nSPS) is 22.2. The number of dihydropyridines is 1. The number of benzene rings is 1. The monoisotopic (exact) mass is 368 g/mol. The van der Waals surface area contributed by atoms with Gasteiger partial charge in [0.05, 0.1) is 12.0 Å². The molecule has 4 nitrogen and oxygen atoms in total. The third-order valence-corrected chi connectivity index (χ3v) is 6.18. The van der Waals surface area contributed by atoms with E-state index in [1.165, 1.54) is 5.57 Å².